The van der Waals surface area contributed by atoms with Gasteiger partial charge in [-0.2, -0.15) is 0 Å². The molecule has 0 aliphatic rings. The van der Waals surface area contributed by atoms with Crippen LogP contribution in [0.4, 0.5) is 0 Å². The molecular formula is C10H8NS. The van der Waals surface area contributed by atoms with Crippen LogP contribution < -0.4 is 0 Å². The van der Waals surface area contributed by atoms with Crippen LogP contribution in [0.2, 0.25) is 0 Å². The van der Waals surface area contributed by atoms with Crippen molar-refractivity contribution in [3.05, 3.63) is 40.7 Å². The zero-order valence-corrected chi connectivity index (χ0v) is 7.56. The van der Waals surface area contributed by atoms with E-state index in [1.807, 2.05) is 23.7 Å². The molecule has 1 aromatic carbocycles. The molecule has 0 amide bonds. The summed E-state index contributed by atoms with van der Waals surface area (Å²) in [5, 5.41) is 2.06. The lowest BCUT2D eigenvalue weighted by atomic mass is 10.1. The summed E-state index contributed by atoms with van der Waals surface area (Å²) in [5.41, 5.74) is 5.34. The van der Waals surface area contributed by atoms with Crippen LogP contribution in [0.3, 0.4) is 0 Å². The fourth-order valence-electron chi connectivity index (χ4n) is 1.15. The fraction of sp³-hybridized carbons (Fsp3) is 0.100. The van der Waals surface area contributed by atoms with Crippen molar-refractivity contribution in [2.45, 2.75) is 6.92 Å². The first-order valence-electron chi connectivity index (χ1n) is 3.73. The molecule has 0 fully saturated rings. The van der Waals surface area contributed by atoms with Gasteiger partial charge in [-0.05, 0) is 18.6 Å². The Kier molecular flexibility index (Phi) is 1.92. The topological polar surface area (TPSA) is 12.9 Å². The van der Waals surface area contributed by atoms with Crippen LogP contribution in [0.5, 0.6) is 0 Å². The third-order valence-electron chi connectivity index (χ3n) is 1.78. The van der Waals surface area contributed by atoms with Gasteiger partial charge in [0.15, 0.2) is 0 Å². The molecule has 1 nitrogen and oxygen atoms in total. The average Bonchev–Trinajstić information content (AvgIpc) is 2.57. The van der Waals surface area contributed by atoms with Gasteiger partial charge in [0.25, 0.3) is 0 Å². The number of aromatic nitrogens is 1. The molecule has 0 bridgehead atoms. The Balaban J connectivity index is 2.55. The van der Waals surface area contributed by atoms with E-state index in [0.29, 0.717) is 0 Å². The van der Waals surface area contributed by atoms with Gasteiger partial charge in [0.05, 0.1) is 11.2 Å². The predicted octanol–water partition coefficient (Wildman–Crippen LogP) is 2.92. The van der Waals surface area contributed by atoms with E-state index in [-0.39, 0.29) is 0 Å². The summed E-state index contributed by atoms with van der Waals surface area (Å²) in [6.07, 6.45) is 0. The molecule has 1 radical (unpaired) electrons. The highest BCUT2D eigenvalue weighted by Crippen LogP contribution is 2.21. The van der Waals surface area contributed by atoms with Gasteiger partial charge < -0.3 is 0 Å². The molecule has 0 aliphatic carbocycles. The molecule has 0 N–H and O–H groups in total. The van der Waals surface area contributed by atoms with Crippen molar-refractivity contribution in [2.75, 3.05) is 0 Å². The average molecular weight is 174 g/mol. The SMILES string of the molecule is Cc1c[c]ccc1-c1cscn1. The zero-order valence-electron chi connectivity index (χ0n) is 6.74. The Morgan fingerprint density at radius 1 is 1.50 bits per heavy atom. The molecule has 59 valence electrons. The lowest BCUT2D eigenvalue weighted by molar-refractivity contribution is 1.37. The minimum Gasteiger partial charge on any atom is -0.245 e. The van der Waals surface area contributed by atoms with Crippen LogP contribution in [0.1, 0.15) is 5.56 Å². The highest BCUT2D eigenvalue weighted by Gasteiger charge is 2.00. The highest BCUT2D eigenvalue weighted by molar-refractivity contribution is 7.07. The summed E-state index contributed by atoms with van der Waals surface area (Å²) >= 11 is 1.62. The quantitative estimate of drug-likeness (QED) is 0.647. The molecule has 2 rings (SSSR count). The number of hydrogen-bond acceptors (Lipinski definition) is 2. The third kappa shape index (κ3) is 1.25. The van der Waals surface area contributed by atoms with Crippen LogP contribution >= 0.6 is 11.3 Å². The second-order valence-electron chi connectivity index (χ2n) is 2.61. The highest BCUT2D eigenvalue weighted by atomic mass is 32.1. The Labute approximate surface area is 75.7 Å². The molecule has 0 atom stereocenters. The summed E-state index contributed by atoms with van der Waals surface area (Å²) in [5.74, 6) is 0. The van der Waals surface area contributed by atoms with Gasteiger partial charge in [-0.1, -0.05) is 18.2 Å². The van der Waals surface area contributed by atoms with Crippen LogP contribution in [0, 0.1) is 13.0 Å². The van der Waals surface area contributed by atoms with E-state index < -0.39 is 0 Å². The van der Waals surface area contributed by atoms with Gasteiger partial charge in [-0.25, -0.2) is 4.98 Å². The number of thiazole rings is 1. The maximum atomic E-state index is 4.25. The van der Waals surface area contributed by atoms with Gasteiger partial charge in [0.1, 0.15) is 0 Å². The summed E-state index contributed by atoms with van der Waals surface area (Å²) in [7, 11) is 0. The lowest BCUT2D eigenvalue weighted by Crippen LogP contribution is -1.81. The molecule has 0 unspecified atom stereocenters. The summed E-state index contributed by atoms with van der Waals surface area (Å²) in [4.78, 5) is 4.25. The molecule has 1 heterocycles. The predicted molar refractivity (Wildman–Crippen MR) is 51.1 cm³/mol. The number of benzene rings is 1. The first kappa shape index (κ1) is 7.50. The Morgan fingerprint density at radius 3 is 3.08 bits per heavy atom. The van der Waals surface area contributed by atoms with E-state index in [9.17, 15) is 0 Å². The van der Waals surface area contributed by atoms with Crippen LogP contribution in [-0.4, -0.2) is 4.98 Å². The minimum atomic E-state index is 1.06. The fourth-order valence-corrected chi connectivity index (χ4v) is 1.70. The van der Waals surface area contributed by atoms with Crippen molar-refractivity contribution < 1.29 is 0 Å². The maximum absolute atomic E-state index is 4.25. The van der Waals surface area contributed by atoms with Gasteiger partial charge in [0, 0.05) is 10.9 Å². The molecule has 1 aromatic heterocycles. The molecule has 2 heteroatoms. The first-order valence-corrected chi connectivity index (χ1v) is 4.67. The number of aryl methyl sites for hydroxylation is 1. The van der Waals surface area contributed by atoms with Crippen LogP contribution in [-0.2, 0) is 0 Å². The van der Waals surface area contributed by atoms with E-state index >= 15 is 0 Å². The molecule has 0 saturated heterocycles. The van der Waals surface area contributed by atoms with Crippen molar-refractivity contribution >= 4 is 11.3 Å². The summed E-state index contributed by atoms with van der Waals surface area (Å²) < 4.78 is 0. The van der Waals surface area contributed by atoms with Crippen molar-refractivity contribution in [1.29, 1.82) is 0 Å². The second-order valence-corrected chi connectivity index (χ2v) is 3.33. The molecule has 12 heavy (non-hydrogen) atoms. The number of hydrogen-bond donors (Lipinski definition) is 0. The standard InChI is InChI=1S/C10H8NS/c1-8-4-2-3-5-9(8)10-6-12-7-11-10/h3-7H,1H3. The van der Waals surface area contributed by atoms with Crippen molar-refractivity contribution in [3.63, 3.8) is 0 Å². The number of nitrogens with zero attached hydrogens (tertiary/aromatic N) is 1. The Bertz CT molecular complexity index is 365. The lowest BCUT2D eigenvalue weighted by Gasteiger charge is -1.99. The van der Waals surface area contributed by atoms with Gasteiger partial charge in [0.2, 0.25) is 0 Å². The van der Waals surface area contributed by atoms with Gasteiger partial charge >= 0.3 is 0 Å². The van der Waals surface area contributed by atoms with E-state index in [2.05, 4.69) is 23.4 Å². The van der Waals surface area contributed by atoms with Crippen molar-refractivity contribution in [1.82, 2.24) is 4.98 Å². The van der Waals surface area contributed by atoms with E-state index in [0.717, 1.165) is 5.69 Å². The largest absolute Gasteiger partial charge is 0.245 e. The molecule has 0 saturated carbocycles. The van der Waals surface area contributed by atoms with Crippen molar-refractivity contribution in [3.8, 4) is 11.3 Å². The molecular weight excluding hydrogens is 166 g/mol. The minimum absolute atomic E-state index is 1.06. The van der Waals surface area contributed by atoms with E-state index in [1.54, 1.807) is 11.3 Å². The molecule has 0 aliphatic heterocycles. The molecule has 0 spiro atoms. The normalized spacial score (nSPS) is 10.1. The summed E-state index contributed by atoms with van der Waals surface area (Å²) in [6.45, 7) is 2.07. The van der Waals surface area contributed by atoms with E-state index in [1.165, 1.54) is 11.1 Å². The zero-order chi connectivity index (χ0) is 8.39. The van der Waals surface area contributed by atoms with Crippen LogP contribution in [0.15, 0.2) is 29.1 Å². The van der Waals surface area contributed by atoms with Crippen molar-refractivity contribution in [2.24, 2.45) is 0 Å². The van der Waals surface area contributed by atoms with Gasteiger partial charge in [-0.15, -0.1) is 11.3 Å². The monoisotopic (exact) mass is 174 g/mol. The number of rotatable bonds is 1. The third-order valence-corrected chi connectivity index (χ3v) is 2.37. The van der Waals surface area contributed by atoms with Crippen LogP contribution in [0.25, 0.3) is 11.3 Å². The van der Waals surface area contributed by atoms with Gasteiger partial charge in [-0.3, -0.25) is 0 Å². The smallest absolute Gasteiger partial charge is 0.0813 e. The van der Waals surface area contributed by atoms with E-state index in [4.69, 9.17) is 0 Å². The Hall–Kier alpha value is -1.15. The Morgan fingerprint density at radius 2 is 2.42 bits per heavy atom. The molecule has 2 aromatic rings. The summed E-state index contributed by atoms with van der Waals surface area (Å²) in [6, 6.07) is 8.98. The second kappa shape index (κ2) is 3.07. The maximum Gasteiger partial charge on any atom is 0.0813 e. The first-order chi connectivity index (χ1) is 5.88.